The second kappa shape index (κ2) is 4.79. The van der Waals surface area contributed by atoms with E-state index in [2.05, 4.69) is 22.3 Å². The summed E-state index contributed by atoms with van der Waals surface area (Å²) in [4.78, 5) is 4.06. The minimum absolute atomic E-state index is 0.891. The minimum Gasteiger partial charge on any atom is -0.384 e. The normalized spacial score (nSPS) is 10.4. The molecule has 0 saturated heterocycles. The Kier molecular flexibility index (Phi) is 3.19. The molecule has 0 radical (unpaired) electrons. The van der Waals surface area contributed by atoms with Crippen LogP contribution < -0.4 is 5.32 Å². The third kappa shape index (κ3) is 2.59. The van der Waals surface area contributed by atoms with Gasteiger partial charge in [-0.1, -0.05) is 0 Å². The molecule has 84 valence electrons. The second-order valence-electron chi connectivity index (χ2n) is 3.85. The summed E-state index contributed by atoms with van der Waals surface area (Å²) in [5.74, 6) is 0. The smallest absolute Gasteiger partial charge is 0.0642 e. The molecule has 2 heterocycles. The highest BCUT2D eigenvalue weighted by molar-refractivity contribution is 5.48. The maximum Gasteiger partial charge on any atom is 0.0642 e. The number of hydrogen-bond donors (Lipinski definition) is 1. The molecule has 1 N–H and O–H groups in total. The Bertz CT molecular complexity index is 462. The Morgan fingerprint density at radius 2 is 2.25 bits per heavy atom. The SMILES string of the molecule is Cc1cnccc1NCCc1ccn(C)n1. The Morgan fingerprint density at radius 3 is 2.94 bits per heavy atom. The molecule has 0 aliphatic carbocycles. The highest BCUT2D eigenvalue weighted by atomic mass is 15.2. The van der Waals surface area contributed by atoms with Gasteiger partial charge in [-0.15, -0.1) is 0 Å². The molecule has 0 saturated carbocycles. The Hall–Kier alpha value is -1.84. The number of nitrogens with one attached hydrogen (secondary N) is 1. The largest absolute Gasteiger partial charge is 0.384 e. The van der Waals surface area contributed by atoms with Crippen molar-refractivity contribution in [2.24, 2.45) is 7.05 Å². The van der Waals surface area contributed by atoms with Crippen LogP contribution in [0, 0.1) is 6.92 Å². The van der Waals surface area contributed by atoms with Crippen LogP contribution in [0.25, 0.3) is 0 Å². The Labute approximate surface area is 95.3 Å². The third-order valence-electron chi connectivity index (χ3n) is 2.49. The van der Waals surface area contributed by atoms with Crippen molar-refractivity contribution in [2.75, 3.05) is 11.9 Å². The van der Waals surface area contributed by atoms with E-state index in [0.717, 1.165) is 24.3 Å². The van der Waals surface area contributed by atoms with Crippen LogP contribution in [0.5, 0.6) is 0 Å². The van der Waals surface area contributed by atoms with E-state index in [1.807, 2.05) is 36.3 Å². The van der Waals surface area contributed by atoms with Crippen molar-refractivity contribution in [1.82, 2.24) is 14.8 Å². The Balaban J connectivity index is 1.87. The van der Waals surface area contributed by atoms with Gasteiger partial charge in [0.2, 0.25) is 0 Å². The highest BCUT2D eigenvalue weighted by Crippen LogP contribution is 2.11. The lowest BCUT2D eigenvalue weighted by atomic mass is 10.2. The molecule has 2 aromatic heterocycles. The van der Waals surface area contributed by atoms with Crippen molar-refractivity contribution in [1.29, 1.82) is 0 Å². The number of anilines is 1. The monoisotopic (exact) mass is 216 g/mol. The van der Waals surface area contributed by atoms with Gasteiger partial charge in [0, 0.05) is 44.3 Å². The van der Waals surface area contributed by atoms with E-state index in [1.165, 1.54) is 5.56 Å². The summed E-state index contributed by atoms with van der Waals surface area (Å²) in [6.07, 6.45) is 6.56. The summed E-state index contributed by atoms with van der Waals surface area (Å²) in [6.45, 7) is 2.94. The fourth-order valence-corrected chi connectivity index (χ4v) is 1.59. The van der Waals surface area contributed by atoms with Crippen LogP contribution >= 0.6 is 0 Å². The molecule has 4 nitrogen and oxygen atoms in total. The predicted octanol–water partition coefficient (Wildman–Crippen LogP) is 1.78. The molecule has 0 atom stereocenters. The topological polar surface area (TPSA) is 42.7 Å². The maximum atomic E-state index is 4.33. The summed E-state index contributed by atoms with van der Waals surface area (Å²) in [5, 5.41) is 7.71. The number of aryl methyl sites for hydroxylation is 2. The zero-order valence-electron chi connectivity index (χ0n) is 9.64. The van der Waals surface area contributed by atoms with E-state index in [1.54, 1.807) is 6.20 Å². The van der Waals surface area contributed by atoms with E-state index in [9.17, 15) is 0 Å². The Morgan fingerprint density at radius 1 is 1.38 bits per heavy atom. The summed E-state index contributed by atoms with van der Waals surface area (Å²) in [5.41, 5.74) is 3.43. The van der Waals surface area contributed by atoms with Crippen molar-refractivity contribution in [3.63, 3.8) is 0 Å². The van der Waals surface area contributed by atoms with Crippen LogP contribution in [0.4, 0.5) is 5.69 Å². The molecule has 4 heteroatoms. The van der Waals surface area contributed by atoms with Crippen molar-refractivity contribution in [2.45, 2.75) is 13.3 Å². The molecule has 2 rings (SSSR count). The van der Waals surface area contributed by atoms with E-state index in [4.69, 9.17) is 0 Å². The molecule has 0 unspecified atom stereocenters. The van der Waals surface area contributed by atoms with E-state index < -0.39 is 0 Å². The minimum atomic E-state index is 0.891. The molecule has 0 spiro atoms. The highest BCUT2D eigenvalue weighted by Gasteiger charge is 1.98. The predicted molar refractivity (Wildman–Crippen MR) is 64.4 cm³/mol. The number of hydrogen-bond acceptors (Lipinski definition) is 3. The van der Waals surface area contributed by atoms with Crippen molar-refractivity contribution < 1.29 is 0 Å². The van der Waals surface area contributed by atoms with E-state index in [-0.39, 0.29) is 0 Å². The summed E-state index contributed by atoms with van der Waals surface area (Å²) < 4.78 is 1.83. The molecule has 0 aliphatic heterocycles. The van der Waals surface area contributed by atoms with Gasteiger partial charge in [-0.3, -0.25) is 9.67 Å². The van der Waals surface area contributed by atoms with Crippen molar-refractivity contribution in [3.8, 4) is 0 Å². The first kappa shape index (κ1) is 10.7. The van der Waals surface area contributed by atoms with Crippen molar-refractivity contribution in [3.05, 3.63) is 42.0 Å². The summed E-state index contributed by atoms with van der Waals surface area (Å²) in [7, 11) is 1.93. The van der Waals surface area contributed by atoms with Crippen LogP contribution in [0.15, 0.2) is 30.7 Å². The first-order valence-electron chi connectivity index (χ1n) is 5.39. The molecule has 0 bridgehead atoms. The maximum absolute atomic E-state index is 4.33. The van der Waals surface area contributed by atoms with E-state index in [0.29, 0.717) is 0 Å². The molecule has 16 heavy (non-hydrogen) atoms. The van der Waals surface area contributed by atoms with Gasteiger partial charge in [-0.05, 0) is 24.6 Å². The van der Waals surface area contributed by atoms with Gasteiger partial charge in [0.05, 0.1) is 5.69 Å². The summed E-state index contributed by atoms with van der Waals surface area (Å²) in [6, 6.07) is 4.04. The van der Waals surface area contributed by atoms with Crippen LogP contribution in [0.3, 0.4) is 0 Å². The van der Waals surface area contributed by atoms with Gasteiger partial charge < -0.3 is 5.32 Å². The van der Waals surface area contributed by atoms with Crippen molar-refractivity contribution >= 4 is 5.69 Å². The quantitative estimate of drug-likeness (QED) is 0.847. The number of nitrogens with zero attached hydrogens (tertiary/aromatic N) is 3. The van der Waals surface area contributed by atoms with Crippen LogP contribution in [-0.4, -0.2) is 21.3 Å². The lowest BCUT2D eigenvalue weighted by molar-refractivity contribution is 0.742. The molecular weight excluding hydrogens is 200 g/mol. The lowest BCUT2D eigenvalue weighted by Gasteiger charge is -2.07. The van der Waals surface area contributed by atoms with Gasteiger partial charge in [0.15, 0.2) is 0 Å². The molecular formula is C12H16N4. The van der Waals surface area contributed by atoms with E-state index >= 15 is 0 Å². The van der Waals surface area contributed by atoms with Gasteiger partial charge in [-0.25, -0.2) is 0 Å². The van der Waals surface area contributed by atoms with Gasteiger partial charge in [0.25, 0.3) is 0 Å². The fourth-order valence-electron chi connectivity index (χ4n) is 1.59. The first-order valence-corrected chi connectivity index (χ1v) is 5.39. The molecule has 2 aromatic rings. The fraction of sp³-hybridized carbons (Fsp3) is 0.333. The zero-order chi connectivity index (χ0) is 11.4. The standard InChI is InChI=1S/C12H16N4/c1-10-9-13-6-4-12(10)14-7-3-11-5-8-16(2)15-11/h4-6,8-9H,3,7H2,1-2H3,(H,13,14). The van der Waals surface area contributed by atoms with Gasteiger partial charge in [0.1, 0.15) is 0 Å². The lowest BCUT2D eigenvalue weighted by Crippen LogP contribution is -2.06. The second-order valence-corrected chi connectivity index (χ2v) is 3.85. The molecule has 0 aliphatic rings. The third-order valence-corrected chi connectivity index (χ3v) is 2.49. The average molecular weight is 216 g/mol. The molecule has 0 amide bonds. The van der Waals surface area contributed by atoms with Gasteiger partial charge >= 0.3 is 0 Å². The van der Waals surface area contributed by atoms with Crippen LogP contribution in [0.2, 0.25) is 0 Å². The number of aromatic nitrogens is 3. The van der Waals surface area contributed by atoms with Gasteiger partial charge in [-0.2, -0.15) is 5.10 Å². The average Bonchev–Trinajstić information content (AvgIpc) is 2.67. The van der Waals surface area contributed by atoms with Crippen LogP contribution in [0.1, 0.15) is 11.3 Å². The molecule has 0 fully saturated rings. The number of pyridine rings is 1. The summed E-state index contributed by atoms with van der Waals surface area (Å²) >= 11 is 0. The zero-order valence-corrected chi connectivity index (χ0v) is 9.64. The van der Waals surface area contributed by atoms with Crippen LogP contribution in [-0.2, 0) is 13.5 Å². The first-order chi connectivity index (χ1) is 7.75. The number of rotatable bonds is 4. The molecule has 0 aromatic carbocycles.